The molecule has 1 heterocycles. The molecule has 0 saturated carbocycles. The largest absolute Gasteiger partial charge is 0.488 e. The fourth-order valence-electron chi connectivity index (χ4n) is 3.49. The molecule has 0 radical (unpaired) electrons. The van der Waals surface area contributed by atoms with Gasteiger partial charge in [-0.25, -0.2) is 9.69 Å². The number of anilines is 1. The Labute approximate surface area is 202 Å². The van der Waals surface area contributed by atoms with Crippen molar-refractivity contribution in [1.82, 2.24) is 10.2 Å². The lowest BCUT2D eigenvalue weighted by atomic mass is 10.1. The molecule has 3 aromatic rings. The Bertz CT molecular complexity index is 1360. The van der Waals surface area contributed by atoms with Crippen LogP contribution in [0.2, 0.25) is 0 Å². The summed E-state index contributed by atoms with van der Waals surface area (Å²) in [6, 6.07) is 22.8. The molecule has 1 saturated heterocycles. The molecule has 0 aromatic heterocycles. The summed E-state index contributed by atoms with van der Waals surface area (Å²) in [5, 5.41) is 14.5. The van der Waals surface area contributed by atoms with Crippen LogP contribution in [-0.4, -0.2) is 29.3 Å². The van der Waals surface area contributed by atoms with Crippen molar-refractivity contribution < 1.29 is 19.1 Å². The number of urea groups is 1. The second kappa shape index (κ2) is 10.4. The van der Waals surface area contributed by atoms with Crippen LogP contribution in [0.3, 0.4) is 0 Å². The maximum atomic E-state index is 12.8. The Kier molecular flexibility index (Phi) is 6.88. The normalized spacial score (nSPS) is 13.9. The molecule has 4 amide bonds. The minimum Gasteiger partial charge on any atom is -0.488 e. The van der Waals surface area contributed by atoms with Gasteiger partial charge in [-0.1, -0.05) is 54.1 Å². The van der Waals surface area contributed by atoms with Crippen LogP contribution in [0.4, 0.5) is 10.5 Å². The van der Waals surface area contributed by atoms with Gasteiger partial charge in [0.1, 0.15) is 24.6 Å². The predicted molar refractivity (Wildman–Crippen MR) is 130 cm³/mol. The summed E-state index contributed by atoms with van der Waals surface area (Å²) in [7, 11) is 0. The number of nitrogens with one attached hydrogen (secondary N) is 2. The molecule has 4 rings (SSSR count). The molecule has 0 spiro atoms. The number of rotatable bonds is 7. The Hall–Kier alpha value is -4.90. The first kappa shape index (κ1) is 23.3. The van der Waals surface area contributed by atoms with Gasteiger partial charge in [-0.2, -0.15) is 5.26 Å². The molecule has 0 atom stereocenters. The minimum absolute atomic E-state index is 0.0339. The molecule has 1 fully saturated rings. The lowest BCUT2D eigenvalue weighted by molar-refractivity contribution is -0.127. The average molecular weight is 466 g/mol. The van der Waals surface area contributed by atoms with Gasteiger partial charge in [0.2, 0.25) is 5.91 Å². The molecule has 0 unspecified atom stereocenters. The van der Waals surface area contributed by atoms with E-state index in [-0.39, 0.29) is 12.3 Å². The number of nitriles is 1. The van der Waals surface area contributed by atoms with Crippen LogP contribution in [0, 0.1) is 18.3 Å². The summed E-state index contributed by atoms with van der Waals surface area (Å²) in [6.07, 6.45) is 1.50. The topological polar surface area (TPSA) is 112 Å². The second-order valence-corrected chi connectivity index (χ2v) is 7.89. The van der Waals surface area contributed by atoms with Crippen molar-refractivity contribution in [1.29, 1.82) is 5.26 Å². The minimum atomic E-state index is -0.679. The monoisotopic (exact) mass is 466 g/mol. The number of carbonyl (C=O) groups excluding carboxylic acids is 3. The van der Waals surface area contributed by atoms with Crippen molar-refractivity contribution in [2.75, 3.05) is 11.9 Å². The van der Waals surface area contributed by atoms with Gasteiger partial charge < -0.3 is 15.4 Å². The van der Waals surface area contributed by atoms with Crippen molar-refractivity contribution >= 4 is 29.6 Å². The second-order valence-electron chi connectivity index (χ2n) is 7.89. The summed E-state index contributed by atoms with van der Waals surface area (Å²) < 4.78 is 5.91. The summed E-state index contributed by atoms with van der Waals surface area (Å²) in [4.78, 5) is 38.5. The van der Waals surface area contributed by atoms with E-state index in [9.17, 15) is 19.6 Å². The first-order valence-electron chi connectivity index (χ1n) is 10.9. The highest BCUT2D eigenvalue weighted by Crippen LogP contribution is 2.24. The van der Waals surface area contributed by atoms with E-state index in [0.29, 0.717) is 22.6 Å². The Balaban J connectivity index is 1.46. The molecule has 0 bridgehead atoms. The Morgan fingerprint density at radius 1 is 1.06 bits per heavy atom. The van der Waals surface area contributed by atoms with Gasteiger partial charge in [-0.05, 0) is 37.3 Å². The van der Waals surface area contributed by atoms with Gasteiger partial charge >= 0.3 is 6.03 Å². The molecule has 174 valence electrons. The number of nitrogens with zero attached hydrogens (tertiary/aromatic N) is 2. The summed E-state index contributed by atoms with van der Waals surface area (Å²) >= 11 is 0. The molecule has 8 nitrogen and oxygen atoms in total. The highest BCUT2D eigenvalue weighted by atomic mass is 16.5. The Morgan fingerprint density at radius 2 is 1.77 bits per heavy atom. The first-order chi connectivity index (χ1) is 16.9. The summed E-state index contributed by atoms with van der Waals surface area (Å²) in [5.74, 6) is -0.623. The molecule has 1 aliphatic rings. The number of aryl methyl sites for hydroxylation is 1. The molecular formula is C27H22N4O4. The maximum absolute atomic E-state index is 12.8. The number of hydrogen-bond acceptors (Lipinski definition) is 5. The van der Waals surface area contributed by atoms with Crippen molar-refractivity contribution in [3.63, 3.8) is 0 Å². The number of para-hydroxylation sites is 1. The molecular weight excluding hydrogens is 444 g/mol. The van der Waals surface area contributed by atoms with E-state index in [2.05, 4.69) is 16.7 Å². The van der Waals surface area contributed by atoms with Gasteiger partial charge in [0.05, 0.1) is 11.6 Å². The number of amides is 4. The van der Waals surface area contributed by atoms with Gasteiger partial charge in [0.15, 0.2) is 0 Å². The zero-order valence-corrected chi connectivity index (χ0v) is 18.9. The SMILES string of the molecule is Cc1ccc(NC(=O)CN2C(=O)NC(=Cc3ccccc3OCc3ccccc3C#N)C2=O)cc1. The third-order valence-electron chi connectivity index (χ3n) is 5.34. The van der Waals surface area contributed by atoms with E-state index in [1.54, 1.807) is 54.6 Å². The fraction of sp³-hybridized carbons (Fsp3) is 0.111. The number of ether oxygens (including phenoxy) is 1. The Morgan fingerprint density at radius 3 is 2.54 bits per heavy atom. The smallest absolute Gasteiger partial charge is 0.329 e. The van der Waals surface area contributed by atoms with Crippen LogP contribution < -0.4 is 15.4 Å². The zero-order chi connectivity index (χ0) is 24.8. The summed E-state index contributed by atoms with van der Waals surface area (Å²) in [5.41, 5.74) is 3.47. The van der Waals surface area contributed by atoms with Gasteiger partial charge in [-0.3, -0.25) is 9.59 Å². The number of imide groups is 1. The maximum Gasteiger partial charge on any atom is 0.329 e. The molecule has 2 N–H and O–H groups in total. The lowest BCUT2D eigenvalue weighted by Gasteiger charge is -2.12. The molecule has 0 aliphatic carbocycles. The van der Waals surface area contributed by atoms with E-state index in [1.807, 2.05) is 25.1 Å². The molecule has 8 heteroatoms. The van der Waals surface area contributed by atoms with Crippen molar-refractivity contribution in [3.05, 3.63) is 101 Å². The average Bonchev–Trinajstić information content (AvgIpc) is 3.12. The highest BCUT2D eigenvalue weighted by Gasteiger charge is 2.35. The van der Waals surface area contributed by atoms with E-state index in [1.165, 1.54) is 6.08 Å². The van der Waals surface area contributed by atoms with Crippen LogP contribution >= 0.6 is 0 Å². The van der Waals surface area contributed by atoms with E-state index in [0.717, 1.165) is 16.0 Å². The van der Waals surface area contributed by atoms with Gasteiger partial charge in [0.25, 0.3) is 5.91 Å². The van der Waals surface area contributed by atoms with E-state index in [4.69, 9.17) is 4.74 Å². The number of hydrogen-bond donors (Lipinski definition) is 2. The van der Waals surface area contributed by atoms with Crippen LogP contribution in [0.5, 0.6) is 5.75 Å². The van der Waals surface area contributed by atoms with E-state index < -0.39 is 24.4 Å². The van der Waals surface area contributed by atoms with Crippen molar-refractivity contribution in [2.45, 2.75) is 13.5 Å². The number of carbonyl (C=O) groups is 3. The third-order valence-corrected chi connectivity index (χ3v) is 5.34. The first-order valence-corrected chi connectivity index (χ1v) is 10.9. The summed E-state index contributed by atoms with van der Waals surface area (Å²) in [6.45, 7) is 1.68. The van der Waals surface area contributed by atoms with Crippen LogP contribution in [0.15, 0.2) is 78.5 Å². The number of benzene rings is 3. The van der Waals surface area contributed by atoms with Crippen LogP contribution in [-0.2, 0) is 16.2 Å². The molecule has 35 heavy (non-hydrogen) atoms. The lowest BCUT2D eigenvalue weighted by Crippen LogP contribution is -2.38. The molecule has 1 aliphatic heterocycles. The zero-order valence-electron chi connectivity index (χ0n) is 18.9. The predicted octanol–water partition coefficient (Wildman–Crippen LogP) is 3.98. The van der Waals surface area contributed by atoms with Crippen LogP contribution in [0.25, 0.3) is 6.08 Å². The standard InChI is InChI=1S/C27H22N4O4/c1-18-10-12-22(13-11-18)29-25(32)16-31-26(33)23(30-27(31)34)14-19-6-4-5-9-24(19)35-17-21-8-3-2-7-20(21)15-28/h2-14H,16-17H2,1H3,(H,29,32)(H,30,34). The van der Waals surface area contributed by atoms with Crippen LogP contribution in [0.1, 0.15) is 22.3 Å². The third kappa shape index (κ3) is 5.54. The van der Waals surface area contributed by atoms with Gasteiger partial charge in [0, 0.05) is 16.8 Å². The van der Waals surface area contributed by atoms with Crippen molar-refractivity contribution in [2.24, 2.45) is 0 Å². The molecule has 3 aromatic carbocycles. The van der Waals surface area contributed by atoms with E-state index >= 15 is 0 Å². The highest BCUT2D eigenvalue weighted by molar-refractivity contribution is 6.16. The van der Waals surface area contributed by atoms with Gasteiger partial charge in [-0.15, -0.1) is 0 Å². The fourth-order valence-corrected chi connectivity index (χ4v) is 3.49. The quantitative estimate of drug-likeness (QED) is 0.404. The van der Waals surface area contributed by atoms with Crippen molar-refractivity contribution in [3.8, 4) is 11.8 Å².